The maximum absolute atomic E-state index is 12.8. The first-order valence-corrected chi connectivity index (χ1v) is 8.69. The SMILES string of the molecule is CC(C)(C)OC(=O)N[C@H]1CN(Cc2ccccc2)CC[C@@H]1CCF. The van der Waals surface area contributed by atoms with Crippen LogP contribution in [0.15, 0.2) is 30.3 Å². The van der Waals surface area contributed by atoms with Gasteiger partial charge in [0.15, 0.2) is 0 Å². The van der Waals surface area contributed by atoms with Crippen molar-refractivity contribution in [2.24, 2.45) is 5.92 Å². The molecule has 5 heteroatoms. The molecule has 2 rings (SSSR count). The number of likely N-dealkylation sites (tertiary alicyclic amines) is 1. The van der Waals surface area contributed by atoms with Gasteiger partial charge in [0.25, 0.3) is 0 Å². The van der Waals surface area contributed by atoms with E-state index in [1.165, 1.54) is 5.56 Å². The van der Waals surface area contributed by atoms with Crippen LogP contribution in [-0.2, 0) is 11.3 Å². The average Bonchev–Trinajstić information content (AvgIpc) is 2.49. The van der Waals surface area contributed by atoms with Gasteiger partial charge in [-0.2, -0.15) is 0 Å². The Labute approximate surface area is 144 Å². The van der Waals surface area contributed by atoms with Crippen molar-refractivity contribution >= 4 is 6.09 Å². The van der Waals surface area contributed by atoms with Gasteiger partial charge in [0.05, 0.1) is 6.67 Å². The number of halogens is 1. The van der Waals surface area contributed by atoms with Crippen LogP contribution < -0.4 is 5.32 Å². The molecular formula is C19H29FN2O2. The Morgan fingerprint density at radius 1 is 1.33 bits per heavy atom. The van der Waals surface area contributed by atoms with E-state index in [0.717, 1.165) is 26.1 Å². The van der Waals surface area contributed by atoms with E-state index in [9.17, 15) is 9.18 Å². The van der Waals surface area contributed by atoms with Gasteiger partial charge in [-0.15, -0.1) is 0 Å². The highest BCUT2D eigenvalue weighted by Crippen LogP contribution is 2.23. The second kappa shape index (κ2) is 8.47. The van der Waals surface area contributed by atoms with E-state index in [1.54, 1.807) is 0 Å². The normalized spacial score (nSPS) is 22.2. The summed E-state index contributed by atoms with van der Waals surface area (Å²) in [4.78, 5) is 14.4. The molecule has 0 saturated carbocycles. The number of ether oxygens (including phenoxy) is 1. The number of carbonyl (C=O) groups is 1. The highest BCUT2D eigenvalue weighted by molar-refractivity contribution is 5.68. The van der Waals surface area contributed by atoms with Crippen LogP contribution in [0.4, 0.5) is 9.18 Å². The summed E-state index contributed by atoms with van der Waals surface area (Å²) in [5.74, 6) is 0.162. The second-order valence-corrected chi connectivity index (χ2v) is 7.50. The van der Waals surface area contributed by atoms with E-state index in [1.807, 2.05) is 39.0 Å². The van der Waals surface area contributed by atoms with Crippen LogP contribution in [-0.4, -0.2) is 42.4 Å². The van der Waals surface area contributed by atoms with Gasteiger partial charge in [-0.25, -0.2) is 4.79 Å². The molecule has 0 bridgehead atoms. The molecule has 1 saturated heterocycles. The van der Waals surface area contributed by atoms with E-state index in [4.69, 9.17) is 4.74 Å². The minimum absolute atomic E-state index is 0.0759. The lowest BCUT2D eigenvalue weighted by molar-refractivity contribution is 0.0415. The summed E-state index contributed by atoms with van der Waals surface area (Å²) in [6.45, 7) is 7.66. The van der Waals surface area contributed by atoms with Crippen LogP contribution in [0.2, 0.25) is 0 Å². The number of piperidine rings is 1. The number of carbonyl (C=O) groups excluding carboxylic acids is 1. The van der Waals surface area contributed by atoms with E-state index in [-0.39, 0.29) is 18.6 Å². The first-order valence-electron chi connectivity index (χ1n) is 8.69. The van der Waals surface area contributed by atoms with Gasteiger partial charge < -0.3 is 10.1 Å². The Balaban J connectivity index is 1.96. The van der Waals surface area contributed by atoms with Crippen LogP contribution in [0.5, 0.6) is 0 Å². The van der Waals surface area contributed by atoms with Crippen molar-refractivity contribution in [1.82, 2.24) is 10.2 Å². The van der Waals surface area contributed by atoms with E-state index in [0.29, 0.717) is 6.42 Å². The number of hydrogen-bond donors (Lipinski definition) is 1. The van der Waals surface area contributed by atoms with Crippen molar-refractivity contribution in [2.75, 3.05) is 19.8 Å². The minimum atomic E-state index is -0.530. The summed E-state index contributed by atoms with van der Waals surface area (Å²) >= 11 is 0. The third-order valence-electron chi connectivity index (χ3n) is 4.27. The number of alkyl halides is 1. The number of rotatable bonds is 5. The fourth-order valence-corrected chi connectivity index (χ4v) is 3.16. The standard InChI is InChI=1S/C19H29FN2O2/c1-19(2,3)24-18(23)21-17-14-22(12-10-16(17)9-11-20)13-15-7-5-4-6-8-15/h4-8,16-17H,9-14H2,1-3H3,(H,21,23)/t16-,17-/m0/s1. The Bertz CT molecular complexity index is 516. The molecule has 1 amide bonds. The molecule has 1 N–H and O–H groups in total. The predicted molar refractivity (Wildman–Crippen MR) is 93.6 cm³/mol. The number of nitrogens with one attached hydrogen (secondary N) is 1. The van der Waals surface area contributed by atoms with Gasteiger partial charge in [0.1, 0.15) is 5.60 Å². The van der Waals surface area contributed by atoms with Crippen molar-refractivity contribution in [1.29, 1.82) is 0 Å². The highest BCUT2D eigenvalue weighted by Gasteiger charge is 2.31. The van der Waals surface area contributed by atoms with Gasteiger partial charge in [0, 0.05) is 19.1 Å². The topological polar surface area (TPSA) is 41.6 Å². The van der Waals surface area contributed by atoms with Crippen molar-refractivity contribution in [3.63, 3.8) is 0 Å². The average molecular weight is 336 g/mol. The summed E-state index contributed by atoms with van der Waals surface area (Å²) in [6, 6.07) is 10.2. The van der Waals surface area contributed by atoms with Crippen LogP contribution >= 0.6 is 0 Å². The zero-order valence-corrected chi connectivity index (χ0v) is 14.9. The summed E-state index contributed by atoms with van der Waals surface area (Å²) in [7, 11) is 0. The molecule has 1 fully saturated rings. The zero-order chi connectivity index (χ0) is 17.6. The molecule has 1 aromatic carbocycles. The lowest BCUT2D eigenvalue weighted by Gasteiger charge is -2.39. The van der Waals surface area contributed by atoms with Crippen molar-refractivity contribution in [2.45, 2.75) is 51.8 Å². The largest absolute Gasteiger partial charge is 0.444 e. The predicted octanol–water partition coefficient (Wildman–Crippen LogP) is 3.76. The molecule has 134 valence electrons. The van der Waals surface area contributed by atoms with Gasteiger partial charge in [0.2, 0.25) is 0 Å². The Hall–Kier alpha value is -1.62. The number of alkyl carbamates (subject to hydrolysis) is 1. The molecule has 0 unspecified atom stereocenters. The molecule has 1 aliphatic rings. The summed E-state index contributed by atoms with van der Waals surface area (Å²) in [5.41, 5.74) is 0.718. The molecule has 0 spiro atoms. The first kappa shape index (κ1) is 18.7. The van der Waals surface area contributed by atoms with Gasteiger partial charge in [-0.1, -0.05) is 30.3 Å². The van der Waals surface area contributed by atoms with Crippen LogP contribution in [0.1, 0.15) is 39.2 Å². The molecule has 1 heterocycles. The zero-order valence-electron chi connectivity index (χ0n) is 14.9. The van der Waals surface area contributed by atoms with Crippen LogP contribution in [0.3, 0.4) is 0 Å². The molecule has 0 aliphatic carbocycles. The third kappa shape index (κ3) is 6.11. The quantitative estimate of drug-likeness (QED) is 0.890. The van der Waals surface area contributed by atoms with Gasteiger partial charge in [-0.05, 0) is 51.6 Å². The molecule has 0 aromatic heterocycles. The van der Waals surface area contributed by atoms with E-state index in [2.05, 4.69) is 22.3 Å². The maximum atomic E-state index is 12.8. The van der Waals surface area contributed by atoms with E-state index < -0.39 is 11.7 Å². The lowest BCUT2D eigenvalue weighted by Crippen LogP contribution is -2.53. The fraction of sp³-hybridized carbons (Fsp3) is 0.632. The number of benzene rings is 1. The summed E-state index contributed by atoms with van der Waals surface area (Å²) < 4.78 is 18.2. The first-order chi connectivity index (χ1) is 11.4. The Kier molecular flexibility index (Phi) is 6.60. The molecule has 1 aliphatic heterocycles. The monoisotopic (exact) mass is 336 g/mol. The number of hydrogen-bond acceptors (Lipinski definition) is 3. The van der Waals surface area contributed by atoms with Gasteiger partial charge in [-0.3, -0.25) is 9.29 Å². The van der Waals surface area contributed by atoms with Gasteiger partial charge >= 0.3 is 6.09 Å². The van der Waals surface area contributed by atoms with E-state index >= 15 is 0 Å². The Morgan fingerprint density at radius 3 is 2.67 bits per heavy atom. The molecule has 2 atom stereocenters. The fourth-order valence-electron chi connectivity index (χ4n) is 3.16. The van der Waals surface area contributed by atoms with Crippen molar-refractivity contribution in [3.8, 4) is 0 Å². The third-order valence-corrected chi connectivity index (χ3v) is 4.27. The smallest absolute Gasteiger partial charge is 0.407 e. The second-order valence-electron chi connectivity index (χ2n) is 7.50. The summed E-state index contributed by atoms with van der Waals surface area (Å²) in [5, 5.41) is 2.96. The maximum Gasteiger partial charge on any atom is 0.407 e. The van der Waals surface area contributed by atoms with Crippen molar-refractivity contribution < 1.29 is 13.9 Å². The van der Waals surface area contributed by atoms with Crippen LogP contribution in [0.25, 0.3) is 0 Å². The highest BCUT2D eigenvalue weighted by atomic mass is 19.1. The number of amides is 1. The molecule has 4 nitrogen and oxygen atoms in total. The minimum Gasteiger partial charge on any atom is -0.444 e. The summed E-state index contributed by atoms with van der Waals surface area (Å²) in [6.07, 6.45) is 0.953. The van der Waals surface area contributed by atoms with Crippen LogP contribution in [0, 0.1) is 5.92 Å². The number of nitrogens with zero attached hydrogens (tertiary/aromatic N) is 1. The molecule has 0 radical (unpaired) electrons. The lowest BCUT2D eigenvalue weighted by atomic mass is 9.89. The molecule has 24 heavy (non-hydrogen) atoms. The molecule has 1 aromatic rings. The van der Waals surface area contributed by atoms with Crippen molar-refractivity contribution in [3.05, 3.63) is 35.9 Å². The molecular weight excluding hydrogens is 307 g/mol. The Morgan fingerprint density at radius 2 is 2.04 bits per heavy atom.